The number of carbonyl (C=O) groups excluding carboxylic acids is 3. The molecule has 2 aliphatic rings. The second kappa shape index (κ2) is 10.5. The van der Waals surface area contributed by atoms with Crippen molar-refractivity contribution in [3.05, 3.63) is 53.6 Å². The molecule has 1 aliphatic heterocycles. The van der Waals surface area contributed by atoms with E-state index in [1.54, 1.807) is 24.3 Å². The van der Waals surface area contributed by atoms with Gasteiger partial charge in [0.05, 0.1) is 6.54 Å². The molecule has 7 heteroatoms. The van der Waals surface area contributed by atoms with Crippen molar-refractivity contribution < 1.29 is 14.4 Å². The fourth-order valence-corrected chi connectivity index (χ4v) is 4.11. The summed E-state index contributed by atoms with van der Waals surface area (Å²) in [6.07, 6.45) is 6.32. The van der Waals surface area contributed by atoms with E-state index in [1.165, 1.54) is 12.8 Å². The van der Waals surface area contributed by atoms with Gasteiger partial charge < -0.3 is 20.9 Å². The molecule has 0 spiro atoms. The van der Waals surface area contributed by atoms with Crippen LogP contribution in [0.5, 0.6) is 0 Å². The lowest BCUT2D eigenvalue weighted by Crippen LogP contribution is -2.31. The fraction of sp³-hybridized carbons (Fsp3) is 0.423. The summed E-state index contributed by atoms with van der Waals surface area (Å²) in [4.78, 5) is 39.4. The molecule has 2 fully saturated rings. The van der Waals surface area contributed by atoms with Crippen molar-refractivity contribution in [1.29, 1.82) is 0 Å². The maximum absolute atomic E-state index is 12.9. The molecular weight excluding hydrogens is 416 g/mol. The van der Waals surface area contributed by atoms with Gasteiger partial charge in [0.25, 0.3) is 5.91 Å². The third-order valence-corrected chi connectivity index (χ3v) is 6.27. The van der Waals surface area contributed by atoms with Crippen LogP contribution < -0.4 is 16.0 Å². The van der Waals surface area contributed by atoms with E-state index in [2.05, 4.69) is 16.0 Å². The summed E-state index contributed by atoms with van der Waals surface area (Å²) >= 11 is 0. The minimum Gasteiger partial charge on any atom is -0.376 e. The lowest BCUT2D eigenvalue weighted by Gasteiger charge is -2.20. The molecule has 0 radical (unpaired) electrons. The van der Waals surface area contributed by atoms with Gasteiger partial charge in [-0.2, -0.15) is 0 Å². The Balaban J connectivity index is 1.33. The highest BCUT2D eigenvalue weighted by Crippen LogP contribution is 2.31. The highest BCUT2D eigenvalue weighted by molar-refractivity contribution is 5.98. The van der Waals surface area contributed by atoms with Crippen LogP contribution in [0.15, 0.2) is 42.5 Å². The lowest BCUT2D eigenvalue weighted by molar-refractivity contribution is -0.117. The van der Waals surface area contributed by atoms with Crippen molar-refractivity contribution in [2.75, 3.05) is 35.6 Å². The number of likely N-dealkylation sites (tertiary alicyclic amines) is 1. The van der Waals surface area contributed by atoms with Gasteiger partial charge in [0.2, 0.25) is 11.8 Å². The Morgan fingerprint density at radius 2 is 1.61 bits per heavy atom. The molecular formula is C26H32N4O3. The van der Waals surface area contributed by atoms with E-state index >= 15 is 0 Å². The number of benzene rings is 2. The first kappa shape index (κ1) is 22.8. The van der Waals surface area contributed by atoms with E-state index in [0.29, 0.717) is 11.3 Å². The van der Waals surface area contributed by atoms with E-state index in [1.807, 2.05) is 30.0 Å². The summed E-state index contributed by atoms with van der Waals surface area (Å²) in [6.45, 7) is 3.57. The number of anilines is 3. The molecule has 1 saturated carbocycles. The van der Waals surface area contributed by atoms with Gasteiger partial charge in [-0.1, -0.05) is 25.0 Å². The maximum Gasteiger partial charge on any atom is 0.253 e. The molecule has 1 saturated heterocycles. The van der Waals surface area contributed by atoms with Gasteiger partial charge >= 0.3 is 0 Å². The summed E-state index contributed by atoms with van der Waals surface area (Å²) < 4.78 is 0. The largest absolute Gasteiger partial charge is 0.376 e. The first-order valence-corrected chi connectivity index (χ1v) is 11.8. The first-order valence-electron chi connectivity index (χ1n) is 11.8. The molecule has 2 aromatic rings. The van der Waals surface area contributed by atoms with Crippen LogP contribution >= 0.6 is 0 Å². The normalized spacial score (nSPS) is 16.0. The summed E-state index contributed by atoms with van der Waals surface area (Å²) in [5.41, 5.74) is 3.65. The molecule has 2 aromatic carbocycles. The van der Waals surface area contributed by atoms with Gasteiger partial charge in [-0.05, 0) is 68.5 Å². The number of nitrogens with zero attached hydrogens (tertiary/aromatic N) is 1. The van der Waals surface area contributed by atoms with Crippen molar-refractivity contribution in [3.63, 3.8) is 0 Å². The van der Waals surface area contributed by atoms with Crippen LogP contribution in [0.2, 0.25) is 0 Å². The summed E-state index contributed by atoms with van der Waals surface area (Å²) in [5, 5.41) is 8.99. The van der Waals surface area contributed by atoms with Gasteiger partial charge in [-0.3, -0.25) is 14.4 Å². The van der Waals surface area contributed by atoms with Gasteiger partial charge in [-0.25, -0.2) is 0 Å². The fourth-order valence-electron chi connectivity index (χ4n) is 4.11. The van der Waals surface area contributed by atoms with Crippen LogP contribution in [0.3, 0.4) is 0 Å². The molecule has 174 valence electrons. The quantitative estimate of drug-likeness (QED) is 0.585. The number of hydrogen-bond donors (Lipinski definition) is 3. The van der Waals surface area contributed by atoms with E-state index in [0.717, 1.165) is 55.7 Å². The van der Waals surface area contributed by atoms with Gasteiger partial charge in [0, 0.05) is 41.6 Å². The van der Waals surface area contributed by atoms with Crippen LogP contribution in [-0.2, 0) is 9.59 Å². The topological polar surface area (TPSA) is 90.5 Å². The molecule has 0 unspecified atom stereocenters. The van der Waals surface area contributed by atoms with Crippen molar-refractivity contribution in [3.8, 4) is 0 Å². The molecule has 0 atom stereocenters. The van der Waals surface area contributed by atoms with Crippen LogP contribution in [-0.4, -0.2) is 42.3 Å². The average Bonchev–Trinajstić information content (AvgIpc) is 3.67. The number of amides is 3. The van der Waals surface area contributed by atoms with Gasteiger partial charge in [0.15, 0.2) is 0 Å². The lowest BCUT2D eigenvalue weighted by atomic mass is 10.1. The van der Waals surface area contributed by atoms with Crippen LogP contribution in [0, 0.1) is 12.8 Å². The minimum absolute atomic E-state index is 0.0202. The highest BCUT2D eigenvalue weighted by Gasteiger charge is 2.29. The molecule has 33 heavy (non-hydrogen) atoms. The number of hydrogen-bond acceptors (Lipinski definition) is 4. The second-order valence-corrected chi connectivity index (χ2v) is 8.93. The first-order chi connectivity index (χ1) is 16.0. The summed E-state index contributed by atoms with van der Waals surface area (Å²) in [7, 11) is 0. The van der Waals surface area contributed by atoms with Crippen molar-refractivity contribution in [1.82, 2.24) is 4.90 Å². The Labute approximate surface area is 194 Å². The Bertz CT molecular complexity index is 1020. The Morgan fingerprint density at radius 3 is 2.33 bits per heavy atom. The zero-order valence-electron chi connectivity index (χ0n) is 19.2. The van der Waals surface area contributed by atoms with E-state index in [9.17, 15) is 14.4 Å². The molecule has 0 bridgehead atoms. The van der Waals surface area contributed by atoms with Crippen molar-refractivity contribution in [2.45, 2.75) is 45.4 Å². The Hall–Kier alpha value is -3.35. The van der Waals surface area contributed by atoms with Crippen molar-refractivity contribution in [2.24, 2.45) is 5.92 Å². The van der Waals surface area contributed by atoms with Crippen LogP contribution in [0.1, 0.15) is 54.4 Å². The zero-order valence-corrected chi connectivity index (χ0v) is 19.2. The predicted octanol–water partition coefficient (Wildman–Crippen LogP) is 4.41. The van der Waals surface area contributed by atoms with Gasteiger partial charge in [-0.15, -0.1) is 0 Å². The van der Waals surface area contributed by atoms with E-state index < -0.39 is 0 Å². The zero-order chi connectivity index (χ0) is 23.2. The minimum atomic E-state index is -0.207. The SMILES string of the molecule is Cc1c(NCC(=O)Nc2cccc(C(=O)N3CCCCCC3)c2)cccc1NC(=O)C1CC1. The third-order valence-electron chi connectivity index (χ3n) is 6.27. The standard InChI is InChI=1S/C26H32N4O3/c1-18-22(10-7-11-23(18)29-25(32)19-12-13-19)27-17-24(31)28-21-9-6-8-20(16-21)26(33)30-14-4-2-3-5-15-30/h6-11,16,19,27H,2-5,12-15,17H2,1H3,(H,28,31)(H,29,32). The Kier molecular flexibility index (Phi) is 7.27. The highest BCUT2D eigenvalue weighted by atomic mass is 16.2. The summed E-state index contributed by atoms with van der Waals surface area (Å²) in [6, 6.07) is 12.7. The number of rotatable bonds is 7. The molecule has 3 N–H and O–H groups in total. The molecule has 1 heterocycles. The average molecular weight is 449 g/mol. The van der Waals surface area contributed by atoms with Crippen molar-refractivity contribution >= 4 is 34.8 Å². The second-order valence-electron chi connectivity index (χ2n) is 8.93. The molecule has 4 rings (SSSR count). The Morgan fingerprint density at radius 1 is 0.909 bits per heavy atom. The number of nitrogens with one attached hydrogen (secondary N) is 3. The molecule has 3 amide bonds. The van der Waals surface area contributed by atoms with E-state index in [4.69, 9.17) is 0 Å². The smallest absolute Gasteiger partial charge is 0.253 e. The molecule has 7 nitrogen and oxygen atoms in total. The van der Waals surface area contributed by atoms with Crippen LogP contribution in [0.25, 0.3) is 0 Å². The number of carbonyl (C=O) groups is 3. The monoisotopic (exact) mass is 448 g/mol. The summed E-state index contributed by atoms with van der Waals surface area (Å²) in [5.74, 6) is 0.00407. The predicted molar refractivity (Wildman–Crippen MR) is 130 cm³/mol. The maximum atomic E-state index is 12.9. The van der Waals surface area contributed by atoms with E-state index in [-0.39, 0.29) is 30.2 Å². The molecule has 0 aromatic heterocycles. The molecule has 1 aliphatic carbocycles. The third kappa shape index (κ3) is 6.12. The van der Waals surface area contributed by atoms with Crippen LogP contribution in [0.4, 0.5) is 17.1 Å². The van der Waals surface area contributed by atoms with Gasteiger partial charge in [0.1, 0.15) is 0 Å².